The van der Waals surface area contributed by atoms with Gasteiger partial charge in [0.25, 0.3) is 0 Å². The zero-order valence-electron chi connectivity index (χ0n) is 28.0. The normalized spacial score (nSPS) is 20.3. The van der Waals surface area contributed by atoms with E-state index in [1.54, 1.807) is 0 Å². The summed E-state index contributed by atoms with van der Waals surface area (Å²) in [5.74, 6) is 1.71. The molecule has 3 unspecified atom stereocenters. The van der Waals surface area contributed by atoms with Crippen LogP contribution in [0.5, 0.6) is 11.5 Å². The summed E-state index contributed by atoms with van der Waals surface area (Å²) in [5.41, 5.74) is 7.08. The zero-order chi connectivity index (χ0) is 33.5. The Morgan fingerprint density at radius 2 is 1.14 bits per heavy atom. The molecule has 4 nitrogen and oxygen atoms in total. The average Bonchev–Trinajstić information content (AvgIpc) is 3.95. The molecule has 8 aromatic carbocycles. The van der Waals surface area contributed by atoms with Gasteiger partial charge in [0.2, 0.25) is 6.29 Å². The van der Waals surface area contributed by atoms with Crippen LogP contribution in [-0.2, 0) is 14.9 Å². The van der Waals surface area contributed by atoms with Gasteiger partial charge < -0.3 is 18.9 Å². The Morgan fingerprint density at radius 1 is 0.549 bits per heavy atom. The van der Waals surface area contributed by atoms with Crippen molar-refractivity contribution in [3.8, 4) is 22.6 Å². The van der Waals surface area contributed by atoms with Crippen LogP contribution in [0, 0.1) is 0 Å². The highest BCUT2D eigenvalue weighted by atomic mass is 16.7. The predicted octanol–water partition coefficient (Wildman–Crippen LogP) is 10.6. The van der Waals surface area contributed by atoms with Crippen LogP contribution in [0.25, 0.3) is 54.2 Å². The number of epoxide rings is 1. The molecular weight excluding hydrogens is 629 g/mol. The van der Waals surface area contributed by atoms with E-state index in [2.05, 4.69) is 146 Å². The average molecular weight is 663 g/mol. The molecule has 0 bridgehead atoms. The highest BCUT2D eigenvalue weighted by molar-refractivity contribution is 6.04. The lowest BCUT2D eigenvalue weighted by Crippen LogP contribution is -2.32. The smallest absolute Gasteiger partial charge is 0.202 e. The van der Waals surface area contributed by atoms with Crippen LogP contribution >= 0.6 is 0 Å². The molecule has 2 aliphatic heterocycles. The van der Waals surface area contributed by atoms with Gasteiger partial charge >= 0.3 is 0 Å². The maximum atomic E-state index is 6.10. The van der Waals surface area contributed by atoms with Crippen LogP contribution in [0.2, 0.25) is 0 Å². The minimum Gasteiger partial charge on any atom is -0.491 e. The standard InChI is InChI=1S/C47H34O4/c1-2-7-31-26-44-43(25-30(31)6-1)42-18-13-29-5-3-4-8-41(29)46(42)47(44,36-14-9-34-23-38(16-11-32(34)21-36)49-27-40-28-50-40)37-15-10-35-24-39(17-12-33(35)22-37)51-45-19-20-48-45/h1-18,21-26,40,45H,19-20,27-28H2. The van der Waals surface area contributed by atoms with Crippen molar-refractivity contribution in [1.29, 1.82) is 0 Å². The number of benzene rings is 8. The van der Waals surface area contributed by atoms with Crippen molar-refractivity contribution in [3.63, 3.8) is 0 Å². The highest BCUT2D eigenvalue weighted by Crippen LogP contribution is 2.59. The number of rotatable bonds is 7. The summed E-state index contributed by atoms with van der Waals surface area (Å²) < 4.78 is 23.1. The van der Waals surface area contributed by atoms with Crippen LogP contribution in [0.15, 0.2) is 146 Å². The first-order valence-electron chi connectivity index (χ1n) is 17.9. The number of hydrogen-bond donors (Lipinski definition) is 0. The van der Waals surface area contributed by atoms with E-state index in [4.69, 9.17) is 18.9 Å². The fraction of sp³-hybridized carbons (Fsp3) is 0.149. The van der Waals surface area contributed by atoms with Gasteiger partial charge in [-0.15, -0.1) is 0 Å². The fourth-order valence-electron chi connectivity index (χ4n) is 8.46. The van der Waals surface area contributed by atoms with Crippen molar-refractivity contribution in [2.75, 3.05) is 19.8 Å². The Labute approximate surface area is 295 Å². The van der Waals surface area contributed by atoms with Gasteiger partial charge in [-0.1, -0.05) is 97.1 Å². The Kier molecular flexibility index (Phi) is 6.37. The Bertz CT molecular complexity index is 2690. The van der Waals surface area contributed by atoms with Gasteiger partial charge in [-0.2, -0.15) is 0 Å². The Balaban J connectivity index is 1.19. The lowest BCUT2D eigenvalue weighted by molar-refractivity contribution is -0.165. The van der Waals surface area contributed by atoms with E-state index in [1.165, 1.54) is 65.7 Å². The van der Waals surface area contributed by atoms with Crippen molar-refractivity contribution in [2.24, 2.45) is 0 Å². The van der Waals surface area contributed by atoms with Crippen molar-refractivity contribution in [3.05, 3.63) is 168 Å². The summed E-state index contributed by atoms with van der Waals surface area (Å²) >= 11 is 0. The van der Waals surface area contributed by atoms with E-state index in [1.807, 2.05) is 0 Å². The molecule has 2 fully saturated rings. The SMILES string of the molecule is c1ccc2cc3c(cc2c1)-c1ccc2ccccc2c1C3(c1ccc2cc(OCC3CO3)ccc2c1)c1ccc2cc(OC3CCO3)ccc2c1. The molecule has 2 heterocycles. The largest absolute Gasteiger partial charge is 0.491 e. The first-order valence-corrected chi connectivity index (χ1v) is 17.9. The molecule has 4 heteroatoms. The van der Waals surface area contributed by atoms with E-state index in [-0.39, 0.29) is 12.4 Å². The molecule has 3 aliphatic rings. The number of ether oxygens (including phenoxy) is 4. The molecule has 0 spiro atoms. The van der Waals surface area contributed by atoms with E-state index < -0.39 is 5.41 Å². The summed E-state index contributed by atoms with van der Waals surface area (Å²) in [6, 6.07) is 53.9. The topological polar surface area (TPSA) is 40.2 Å². The van der Waals surface area contributed by atoms with Crippen LogP contribution < -0.4 is 9.47 Å². The minimum atomic E-state index is -0.592. The first kappa shape index (κ1) is 29.1. The summed E-state index contributed by atoms with van der Waals surface area (Å²) in [5, 5.41) is 9.64. The maximum absolute atomic E-state index is 6.10. The molecule has 8 aromatic rings. The molecule has 0 N–H and O–H groups in total. The third kappa shape index (κ3) is 4.60. The van der Waals surface area contributed by atoms with Gasteiger partial charge in [-0.25, -0.2) is 0 Å². The van der Waals surface area contributed by atoms with E-state index >= 15 is 0 Å². The molecule has 3 atom stereocenters. The van der Waals surface area contributed by atoms with E-state index in [9.17, 15) is 0 Å². The Hall–Kier alpha value is -5.68. The van der Waals surface area contributed by atoms with Crippen molar-refractivity contribution < 1.29 is 18.9 Å². The fourth-order valence-corrected chi connectivity index (χ4v) is 8.46. The van der Waals surface area contributed by atoms with Crippen LogP contribution in [-0.4, -0.2) is 32.2 Å². The second-order valence-electron chi connectivity index (χ2n) is 14.1. The first-order chi connectivity index (χ1) is 25.2. The third-order valence-corrected chi connectivity index (χ3v) is 11.1. The van der Waals surface area contributed by atoms with E-state index in [0.29, 0.717) is 6.61 Å². The summed E-state index contributed by atoms with van der Waals surface area (Å²) in [7, 11) is 0. The quantitative estimate of drug-likeness (QED) is 0.159. The molecule has 1 aliphatic carbocycles. The van der Waals surface area contributed by atoms with Crippen molar-refractivity contribution >= 4 is 43.1 Å². The molecule has 51 heavy (non-hydrogen) atoms. The number of fused-ring (bicyclic) bond motifs is 8. The summed E-state index contributed by atoms with van der Waals surface area (Å²) in [6.07, 6.45) is 0.993. The van der Waals surface area contributed by atoms with Crippen molar-refractivity contribution in [1.82, 2.24) is 0 Å². The molecule has 0 saturated carbocycles. The van der Waals surface area contributed by atoms with Gasteiger partial charge in [0.15, 0.2) is 0 Å². The Morgan fingerprint density at radius 3 is 1.84 bits per heavy atom. The van der Waals surface area contributed by atoms with Crippen LogP contribution in [0.1, 0.15) is 28.7 Å². The van der Waals surface area contributed by atoms with Crippen LogP contribution in [0.4, 0.5) is 0 Å². The molecule has 246 valence electrons. The van der Waals surface area contributed by atoms with E-state index in [0.717, 1.165) is 41.9 Å². The highest BCUT2D eigenvalue weighted by Gasteiger charge is 2.47. The van der Waals surface area contributed by atoms with Crippen molar-refractivity contribution in [2.45, 2.75) is 24.2 Å². The lowest BCUT2D eigenvalue weighted by atomic mass is 9.66. The predicted molar refractivity (Wildman–Crippen MR) is 204 cm³/mol. The maximum Gasteiger partial charge on any atom is 0.202 e. The van der Waals surface area contributed by atoms with Gasteiger partial charge in [-0.3, -0.25) is 0 Å². The molecular formula is C47H34O4. The number of hydrogen-bond acceptors (Lipinski definition) is 4. The minimum absolute atomic E-state index is 0.151. The monoisotopic (exact) mass is 662 g/mol. The van der Waals surface area contributed by atoms with Gasteiger partial charge in [-0.05, 0) is 125 Å². The lowest BCUT2D eigenvalue weighted by Gasteiger charge is -2.35. The third-order valence-electron chi connectivity index (χ3n) is 11.1. The second kappa shape index (κ2) is 11.2. The summed E-state index contributed by atoms with van der Waals surface area (Å²) in [6.45, 7) is 2.13. The molecule has 11 rings (SSSR count). The molecule has 0 radical (unpaired) electrons. The van der Waals surface area contributed by atoms with Gasteiger partial charge in [0.1, 0.15) is 24.2 Å². The second-order valence-corrected chi connectivity index (χ2v) is 14.1. The van der Waals surface area contributed by atoms with Gasteiger partial charge in [0, 0.05) is 6.42 Å². The zero-order valence-corrected chi connectivity index (χ0v) is 28.0. The van der Waals surface area contributed by atoms with Crippen LogP contribution in [0.3, 0.4) is 0 Å². The summed E-state index contributed by atoms with van der Waals surface area (Å²) in [4.78, 5) is 0. The molecule has 0 aromatic heterocycles. The van der Waals surface area contributed by atoms with Gasteiger partial charge in [0.05, 0.1) is 18.6 Å². The molecule has 0 amide bonds. The molecule has 2 saturated heterocycles.